The summed E-state index contributed by atoms with van der Waals surface area (Å²) < 4.78 is 10.6. The minimum Gasteiger partial charge on any atom is -0.447 e. The van der Waals surface area contributed by atoms with Crippen molar-refractivity contribution in [3.63, 3.8) is 0 Å². The molecule has 0 aliphatic carbocycles. The van der Waals surface area contributed by atoms with Crippen molar-refractivity contribution in [2.45, 2.75) is 45.8 Å². The summed E-state index contributed by atoms with van der Waals surface area (Å²) in [6, 6.07) is 11.0. The average Bonchev–Trinajstić information content (AvgIpc) is 3.22. The molecule has 0 unspecified atom stereocenters. The van der Waals surface area contributed by atoms with Gasteiger partial charge in [0, 0.05) is 19.2 Å². The van der Waals surface area contributed by atoms with Crippen LogP contribution in [0.25, 0.3) is 0 Å². The van der Waals surface area contributed by atoms with Gasteiger partial charge >= 0.3 is 12.2 Å². The zero-order chi connectivity index (χ0) is 22.8. The van der Waals surface area contributed by atoms with E-state index in [0.717, 1.165) is 10.5 Å². The molecule has 2 aliphatic heterocycles. The van der Waals surface area contributed by atoms with Crippen LogP contribution in [0.4, 0.5) is 9.59 Å². The fourth-order valence-corrected chi connectivity index (χ4v) is 3.87. The lowest BCUT2D eigenvalue weighted by Gasteiger charge is -2.30. The Labute approximate surface area is 182 Å². The second-order valence-corrected chi connectivity index (χ2v) is 9.06. The highest BCUT2D eigenvalue weighted by atomic mass is 16.6. The SMILES string of the molecule is CC(C)(C)OC(=O)N1C/C(=C\C#N)[C@](C)(C(=O)N2C(=O)OC[C@@H]2Cc2ccccc2)C1. The van der Waals surface area contributed by atoms with Crippen LogP contribution in [0.2, 0.25) is 0 Å². The van der Waals surface area contributed by atoms with Gasteiger partial charge in [-0.3, -0.25) is 4.79 Å². The Morgan fingerprint density at radius 3 is 2.61 bits per heavy atom. The maximum absolute atomic E-state index is 13.6. The molecule has 2 heterocycles. The first-order valence-electron chi connectivity index (χ1n) is 10.2. The molecule has 31 heavy (non-hydrogen) atoms. The molecule has 0 spiro atoms. The third-order valence-corrected chi connectivity index (χ3v) is 5.43. The molecule has 2 saturated heterocycles. The number of allylic oxidation sites excluding steroid dienone is 1. The summed E-state index contributed by atoms with van der Waals surface area (Å²) in [6.45, 7) is 7.10. The van der Waals surface area contributed by atoms with Crippen molar-refractivity contribution in [2.24, 2.45) is 5.41 Å². The minimum absolute atomic E-state index is 0.0100. The fraction of sp³-hybridized carbons (Fsp3) is 0.478. The number of nitriles is 1. The van der Waals surface area contributed by atoms with E-state index in [9.17, 15) is 19.6 Å². The van der Waals surface area contributed by atoms with Crippen molar-refractivity contribution in [3.05, 3.63) is 47.5 Å². The van der Waals surface area contributed by atoms with E-state index in [2.05, 4.69) is 0 Å². The lowest BCUT2D eigenvalue weighted by atomic mass is 9.82. The van der Waals surface area contributed by atoms with Gasteiger partial charge in [0.1, 0.15) is 12.2 Å². The van der Waals surface area contributed by atoms with E-state index in [1.165, 1.54) is 11.0 Å². The summed E-state index contributed by atoms with van der Waals surface area (Å²) in [6.07, 6.45) is 0.453. The summed E-state index contributed by atoms with van der Waals surface area (Å²) in [5, 5.41) is 9.24. The molecule has 0 radical (unpaired) electrons. The van der Waals surface area contributed by atoms with E-state index < -0.39 is 35.2 Å². The highest BCUT2D eigenvalue weighted by Crippen LogP contribution is 2.39. The van der Waals surface area contributed by atoms with Crippen LogP contribution in [0, 0.1) is 16.7 Å². The number of hydrogen-bond acceptors (Lipinski definition) is 6. The molecule has 0 bridgehead atoms. The molecule has 8 nitrogen and oxygen atoms in total. The number of carbonyl (C=O) groups excluding carboxylic acids is 3. The lowest BCUT2D eigenvalue weighted by molar-refractivity contribution is -0.136. The second kappa shape index (κ2) is 8.42. The summed E-state index contributed by atoms with van der Waals surface area (Å²) >= 11 is 0. The van der Waals surface area contributed by atoms with Crippen LogP contribution in [0.5, 0.6) is 0 Å². The van der Waals surface area contributed by atoms with Crippen LogP contribution in [0.3, 0.4) is 0 Å². The molecule has 0 aromatic heterocycles. The zero-order valence-electron chi connectivity index (χ0n) is 18.3. The molecule has 2 atom stereocenters. The molecule has 8 heteroatoms. The van der Waals surface area contributed by atoms with Gasteiger partial charge in [-0.1, -0.05) is 30.3 Å². The van der Waals surface area contributed by atoms with E-state index in [1.54, 1.807) is 27.7 Å². The Kier molecular flexibility index (Phi) is 6.07. The van der Waals surface area contributed by atoms with Gasteiger partial charge < -0.3 is 14.4 Å². The smallest absolute Gasteiger partial charge is 0.417 e. The molecule has 3 rings (SSSR count). The molecule has 0 N–H and O–H groups in total. The van der Waals surface area contributed by atoms with Crippen LogP contribution in [-0.4, -0.2) is 59.2 Å². The van der Waals surface area contributed by atoms with Crippen molar-refractivity contribution in [3.8, 4) is 6.07 Å². The summed E-state index contributed by atoms with van der Waals surface area (Å²) in [4.78, 5) is 41.2. The average molecular weight is 425 g/mol. The van der Waals surface area contributed by atoms with Gasteiger partial charge in [-0.25, -0.2) is 14.5 Å². The molecular weight excluding hydrogens is 398 g/mol. The van der Waals surface area contributed by atoms with Gasteiger partial charge in [0.05, 0.1) is 17.5 Å². The number of hydrogen-bond donors (Lipinski definition) is 0. The summed E-state index contributed by atoms with van der Waals surface area (Å²) in [5.74, 6) is -0.483. The predicted octanol–water partition coefficient (Wildman–Crippen LogP) is 3.28. The van der Waals surface area contributed by atoms with Gasteiger partial charge in [-0.2, -0.15) is 5.26 Å². The number of amides is 3. The number of carbonyl (C=O) groups is 3. The minimum atomic E-state index is -1.23. The molecule has 0 saturated carbocycles. The molecule has 164 valence electrons. The Hall–Kier alpha value is -3.34. The Bertz CT molecular complexity index is 944. The molecule has 3 amide bonds. The zero-order valence-corrected chi connectivity index (χ0v) is 18.3. The number of benzene rings is 1. The predicted molar refractivity (Wildman–Crippen MR) is 112 cm³/mol. The summed E-state index contributed by atoms with van der Waals surface area (Å²) in [5.41, 5.74) is -0.490. The first-order chi connectivity index (χ1) is 14.5. The van der Waals surface area contributed by atoms with Gasteiger partial charge in [0.15, 0.2) is 0 Å². The Balaban J connectivity index is 1.86. The lowest BCUT2D eigenvalue weighted by Crippen LogP contribution is -2.49. The van der Waals surface area contributed by atoms with E-state index >= 15 is 0 Å². The van der Waals surface area contributed by atoms with E-state index in [4.69, 9.17) is 9.47 Å². The standard InChI is InChI=1S/C23H27N3O5/c1-22(2,3)31-20(28)25-13-17(10-11-24)23(4,15-25)19(27)26-18(14-30-21(26)29)12-16-8-6-5-7-9-16/h5-10,18H,12-15H2,1-4H3/b17-10+/t18-,23+/m0/s1. The number of imide groups is 1. The van der Waals surface area contributed by atoms with Crippen molar-refractivity contribution in [1.82, 2.24) is 9.80 Å². The highest BCUT2D eigenvalue weighted by Gasteiger charge is 2.53. The van der Waals surface area contributed by atoms with Crippen molar-refractivity contribution in [2.75, 3.05) is 19.7 Å². The van der Waals surface area contributed by atoms with Crippen LogP contribution >= 0.6 is 0 Å². The Morgan fingerprint density at radius 2 is 2.00 bits per heavy atom. The highest BCUT2D eigenvalue weighted by molar-refractivity contribution is 5.99. The number of cyclic esters (lactones) is 1. The van der Waals surface area contributed by atoms with Crippen molar-refractivity contribution < 1.29 is 23.9 Å². The number of likely N-dealkylation sites (tertiary alicyclic amines) is 1. The number of rotatable bonds is 3. The normalized spacial score (nSPS) is 24.8. The molecule has 1 aromatic carbocycles. The van der Waals surface area contributed by atoms with Crippen LogP contribution < -0.4 is 0 Å². The van der Waals surface area contributed by atoms with Crippen LogP contribution in [0.15, 0.2) is 42.0 Å². The largest absolute Gasteiger partial charge is 0.447 e. The monoisotopic (exact) mass is 425 g/mol. The number of ether oxygens (including phenoxy) is 2. The number of nitrogens with zero attached hydrogens (tertiary/aromatic N) is 3. The fourth-order valence-electron chi connectivity index (χ4n) is 3.87. The molecule has 2 fully saturated rings. The maximum Gasteiger partial charge on any atom is 0.417 e. The van der Waals surface area contributed by atoms with E-state index in [0.29, 0.717) is 12.0 Å². The summed E-state index contributed by atoms with van der Waals surface area (Å²) in [7, 11) is 0. The third kappa shape index (κ3) is 4.71. The van der Waals surface area contributed by atoms with E-state index in [1.807, 2.05) is 36.4 Å². The van der Waals surface area contributed by atoms with Gasteiger partial charge in [-0.05, 0) is 45.3 Å². The molecule has 2 aliphatic rings. The third-order valence-electron chi connectivity index (χ3n) is 5.43. The molecule has 1 aromatic rings. The van der Waals surface area contributed by atoms with Crippen LogP contribution in [0.1, 0.15) is 33.3 Å². The molecular formula is C23H27N3O5. The van der Waals surface area contributed by atoms with Gasteiger partial charge in [-0.15, -0.1) is 0 Å². The van der Waals surface area contributed by atoms with Gasteiger partial charge in [0.2, 0.25) is 5.91 Å². The Morgan fingerprint density at radius 1 is 1.32 bits per heavy atom. The van der Waals surface area contributed by atoms with E-state index in [-0.39, 0.29) is 19.7 Å². The topological polar surface area (TPSA) is 99.9 Å². The quantitative estimate of drug-likeness (QED) is 0.689. The van der Waals surface area contributed by atoms with Gasteiger partial charge in [0.25, 0.3) is 0 Å². The second-order valence-electron chi connectivity index (χ2n) is 9.06. The van der Waals surface area contributed by atoms with Crippen molar-refractivity contribution in [1.29, 1.82) is 5.26 Å². The first-order valence-corrected chi connectivity index (χ1v) is 10.2. The van der Waals surface area contributed by atoms with Crippen LogP contribution in [-0.2, 0) is 20.7 Å². The van der Waals surface area contributed by atoms with Crippen molar-refractivity contribution >= 4 is 18.1 Å². The maximum atomic E-state index is 13.6. The first kappa shape index (κ1) is 22.3.